The first-order valence-corrected chi connectivity index (χ1v) is 18.4. The van der Waals surface area contributed by atoms with Crippen LogP contribution in [0, 0.1) is 17.5 Å². The van der Waals surface area contributed by atoms with Crippen molar-refractivity contribution in [2.24, 2.45) is 0 Å². The summed E-state index contributed by atoms with van der Waals surface area (Å²) in [4.78, 5) is 29.4. The molecular weight excluding hydrogens is 757 g/mol. The lowest BCUT2D eigenvalue weighted by Crippen LogP contribution is -2.55. The Labute approximate surface area is 304 Å². The summed E-state index contributed by atoms with van der Waals surface area (Å²) in [7, 11) is -4.42. The Kier molecular flexibility index (Phi) is 10.5. The van der Waals surface area contributed by atoms with Gasteiger partial charge in [0.05, 0.1) is 16.8 Å². The highest BCUT2D eigenvalue weighted by atomic mass is 32.2. The molecule has 3 aliphatic rings. The summed E-state index contributed by atoms with van der Waals surface area (Å²) in [6.45, 7) is -0.415. The predicted molar refractivity (Wildman–Crippen MR) is 174 cm³/mol. The smallest absolute Gasteiger partial charge is 0.349 e. The zero-order chi connectivity index (χ0) is 39.4. The molecule has 0 bridgehead atoms. The fourth-order valence-corrected chi connectivity index (χ4v) is 9.06. The van der Waals surface area contributed by atoms with E-state index in [2.05, 4.69) is 4.74 Å². The van der Waals surface area contributed by atoms with Crippen LogP contribution in [0.5, 0.6) is 0 Å². The number of benzene rings is 3. The third-order valence-electron chi connectivity index (χ3n) is 10.3. The zero-order valence-corrected chi connectivity index (χ0v) is 29.4. The summed E-state index contributed by atoms with van der Waals surface area (Å²) in [6, 6.07) is 7.49. The maximum Gasteiger partial charge on any atom is 0.430 e. The SMILES string of the molecule is CC(=O)N1CCN(C(=O)N2CC(S(=O)(=O)c3ccc(F)c(C4CC4)c3)[C@H](c3ccc(C(OCc4c(F)cccc4F)(C(F)(F)F)C(F)(F)F)cc3)C2)CC1. The molecule has 1 saturated carbocycles. The van der Waals surface area contributed by atoms with E-state index in [1.807, 2.05) is 0 Å². The summed E-state index contributed by atoms with van der Waals surface area (Å²) in [5.41, 5.74) is -7.57. The number of halogens is 9. The number of carbonyl (C=O) groups is 2. The lowest BCUT2D eigenvalue weighted by atomic mass is 9.88. The molecule has 2 heterocycles. The maximum atomic E-state index is 14.6. The number of carbonyl (C=O) groups excluding carboxylic acids is 2. The highest BCUT2D eigenvalue weighted by molar-refractivity contribution is 7.92. The molecule has 2 saturated heterocycles. The van der Waals surface area contributed by atoms with Gasteiger partial charge >= 0.3 is 18.4 Å². The minimum atomic E-state index is -6.20. The largest absolute Gasteiger partial charge is 0.430 e. The minimum absolute atomic E-state index is 0.0352. The van der Waals surface area contributed by atoms with Crippen LogP contribution in [0.1, 0.15) is 53.9 Å². The maximum absolute atomic E-state index is 14.6. The van der Waals surface area contributed by atoms with E-state index in [0.29, 0.717) is 37.1 Å². The van der Waals surface area contributed by atoms with E-state index in [1.165, 1.54) is 27.7 Å². The Morgan fingerprint density at radius 1 is 0.759 bits per heavy atom. The number of piperazine rings is 1. The first kappa shape index (κ1) is 39.4. The molecule has 2 aliphatic heterocycles. The number of likely N-dealkylation sites (tertiary alicyclic amines) is 1. The van der Waals surface area contributed by atoms with Gasteiger partial charge in [0.2, 0.25) is 5.91 Å². The molecule has 8 nitrogen and oxygen atoms in total. The van der Waals surface area contributed by atoms with Crippen LogP contribution in [-0.2, 0) is 31.6 Å². The molecule has 3 fully saturated rings. The van der Waals surface area contributed by atoms with Crippen LogP contribution in [0.15, 0.2) is 65.6 Å². The lowest BCUT2D eigenvalue weighted by Gasteiger charge is -2.37. The number of hydrogen-bond acceptors (Lipinski definition) is 5. The van der Waals surface area contributed by atoms with Crippen molar-refractivity contribution in [2.75, 3.05) is 39.3 Å². The van der Waals surface area contributed by atoms with Crippen LogP contribution in [0.2, 0.25) is 0 Å². The molecular formula is C36H34F9N3O5S. The molecule has 6 rings (SSSR count). The molecule has 3 aromatic carbocycles. The molecule has 0 N–H and O–H groups in total. The fraction of sp³-hybridized carbons (Fsp3) is 0.444. The van der Waals surface area contributed by atoms with Gasteiger partial charge in [-0.1, -0.05) is 30.3 Å². The molecule has 54 heavy (non-hydrogen) atoms. The Hall–Kier alpha value is -4.32. The summed E-state index contributed by atoms with van der Waals surface area (Å²) in [5.74, 6) is -5.02. The van der Waals surface area contributed by atoms with Crippen molar-refractivity contribution in [3.63, 3.8) is 0 Å². The Balaban J connectivity index is 1.36. The molecule has 292 valence electrons. The van der Waals surface area contributed by atoms with Gasteiger partial charge in [0, 0.05) is 63.2 Å². The summed E-state index contributed by atoms with van der Waals surface area (Å²) in [6.07, 6.45) is -11.1. The Bertz CT molecular complexity index is 1980. The van der Waals surface area contributed by atoms with E-state index in [1.54, 1.807) is 0 Å². The van der Waals surface area contributed by atoms with Crippen molar-refractivity contribution in [3.05, 3.63) is 100 Å². The van der Waals surface area contributed by atoms with E-state index >= 15 is 0 Å². The van der Waals surface area contributed by atoms with Gasteiger partial charge in [-0.3, -0.25) is 4.79 Å². The molecule has 1 unspecified atom stereocenters. The minimum Gasteiger partial charge on any atom is -0.349 e. The van der Waals surface area contributed by atoms with Crippen LogP contribution in [0.4, 0.5) is 44.3 Å². The Morgan fingerprint density at radius 2 is 1.33 bits per heavy atom. The van der Waals surface area contributed by atoms with Crippen molar-refractivity contribution < 1.29 is 62.3 Å². The van der Waals surface area contributed by atoms with Crippen LogP contribution in [-0.4, -0.2) is 91.9 Å². The van der Waals surface area contributed by atoms with Gasteiger partial charge in [-0.25, -0.2) is 26.4 Å². The third-order valence-corrected chi connectivity index (χ3v) is 12.5. The van der Waals surface area contributed by atoms with E-state index in [-0.39, 0.29) is 60.6 Å². The first-order valence-electron chi connectivity index (χ1n) is 16.9. The van der Waals surface area contributed by atoms with Gasteiger partial charge < -0.3 is 19.4 Å². The van der Waals surface area contributed by atoms with Crippen molar-refractivity contribution >= 4 is 21.8 Å². The van der Waals surface area contributed by atoms with Crippen LogP contribution in [0.3, 0.4) is 0 Å². The topological polar surface area (TPSA) is 87.2 Å². The third kappa shape index (κ3) is 7.25. The van der Waals surface area contributed by atoms with Crippen molar-refractivity contribution in [2.45, 2.75) is 66.3 Å². The summed E-state index contributed by atoms with van der Waals surface area (Å²) in [5, 5.41) is -1.46. The number of ether oxygens (including phenoxy) is 1. The molecule has 0 aromatic heterocycles. The molecule has 2 atom stereocenters. The summed E-state index contributed by atoms with van der Waals surface area (Å²) < 4.78 is 163. The fourth-order valence-electron chi connectivity index (χ4n) is 7.11. The first-order chi connectivity index (χ1) is 25.3. The molecule has 18 heteroatoms. The van der Waals surface area contributed by atoms with E-state index < -0.39 is 86.7 Å². The number of nitrogens with zero attached hydrogens (tertiary/aromatic N) is 3. The lowest BCUT2D eigenvalue weighted by molar-refractivity contribution is -0.392. The standard InChI is InChI=1S/C36H34F9N3O5S/c1-21(49)46-13-15-47(16-14-46)33(50)48-18-27(32(19-48)54(51,52)25-11-12-31(39)26(17-25)22-5-6-22)23-7-9-24(10-8-23)34(35(40,41)42,36(43,44)45)53-20-28-29(37)3-2-4-30(28)38/h2-4,7-12,17,22,27,32H,5-6,13-16,18-20H2,1H3/t27-,32?/m0/s1. The zero-order valence-electron chi connectivity index (χ0n) is 28.6. The van der Waals surface area contributed by atoms with Gasteiger partial charge in [-0.15, -0.1) is 0 Å². The number of amides is 3. The number of urea groups is 1. The molecule has 1 aliphatic carbocycles. The van der Waals surface area contributed by atoms with Crippen molar-refractivity contribution in [1.29, 1.82) is 0 Å². The van der Waals surface area contributed by atoms with E-state index in [0.717, 1.165) is 30.3 Å². The second-order valence-electron chi connectivity index (χ2n) is 13.6. The number of sulfone groups is 1. The quantitative estimate of drug-likeness (QED) is 0.181. The van der Waals surface area contributed by atoms with Gasteiger partial charge in [0.25, 0.3) is 5.60 Å². The average Bonchev–Trinajstić information content (AvgIpc) is 3.85. The Morgan fingerprint density at radius 3 is 1.87 bits per heavy atom. The average molecular weight is 792 g/mol. The number of rotatable bonds is 8. The van der Waals surface area contributed by atoms with E-state index in [4.69, 9.17) is 0 Å². The predicted octanol–water partition coefficient (Wildman–Crippen LogP) is 7.04. The van der Waals surface area contributed by atoms with Gasteiger partial charge in [0.1, 0.15) is 17.5 Å². The van der Waals surface area contributed by atoms with Crippen LogP contribution in [0.25, 0.3) is 0 Å². The molecule has 3 aromatic rings. The molecule has 0 spiro atoms. The van der Waals surface area contributed by atoms with Gasteiger partial charge in [0.15, 0.2) is 9.84 Å². The number of hydrogen-bond donors (Lipinski definition) is 0. The van der Waals surface area contributed by atoms with Gasteiger partial charge in [-0.05, 0) is 60.2 Å². The highest BCUT2D eigenvalue weighted by Crippen LogP contribution is 2.54. The highest BCUT2D eigenvalue weighted by Gasteiger charge is 2.73. The van der Waals surface area contributed by atoms with Crippen LogP contribution < -0.4 is 0 Å². The van der Waals surface area contributed by atoms with Crippen LogP contribution >= 0.6 is 0 Å². The summed E-state index contributed by atoms with van der Waals surface area (Å²) >= 11 is 0. The molecule has 0 radical (unpaired) electrons. The normalized spacial score (nSPS) is 20.1. The molecule has 3 amide bonds. The van der Waals surface area contributed by atoms with Crippen molar-refractivity contribution in [1.82, 2.24) is 14.7 Å². The second kappa shape index (κ2) is 14.4. The monoisotopic (exact) mass is 791 g/mol. The van der Waals surface area contributed by atoms with E-state index in [9.17, 15) is 57.5 Å². The number of alkyl halides is 6. The van der Waals surface area contributed by atoms with Gasteiger partial charge in [-0.2, -0.15) is 26.3 Å². The van der Waals surface area contributed by atoms with Crippen molar-refractivity contribution in [3.8, 4) is 0 Å². The second-order valence-corrected chi connectivity index (χ2v) is 15.8.